The first kappa shape index (κ1) is 19.2. The topological polar surface area (TPSA) is 91.1 Å². The largest absolute Gasteiger partial charge is 0.394 e. The molecular weight excluding hydrogens is 395 g/mol. The molecule has 3 N–H and O–H groups in total. The molecule has 5 rings (SSSR count). The molecular formula is C23H21FN6O. The Labute approximate surface area is 177 Å². The molecule has 8 heteroatoms. The molecule has 4 heterocycles. The van der Waals surface area contributed by atoms with E-state index in [0.29, 0.717) is 29.1 Å². The van der Waals surface area contributed by atoms with E-state index in [0.717, 1.165) is 28.2 Å². The number of rotatable bonds is 6. The second-order valence-corrected chi connectivity index (χ2v) is 7.57. The number of halogens is 1. The molecule has 0 fully saturated rings. The van der Waals surface area contributed by atoms with Gasteiger partial charge in [0.2, 0.25) is 0 Å². The SMILES string of the molecule is Cc1cnn2c(N[C@H](CO)Cc3c[nH]c4ccccc34)cc(-c3cncc(F)c3)nc12. The molecule has 0 spiro atoms. The van der Waals surface area contributed by atoms with E-state index in [2.05, 4.69) is 31.4 Å². The highest BCUT2D eigenvalue weighted by Gasteiger charge is 2.16. The van der Waals surface area contributed by atoms with E-state index in [1.807, 2.05) is 31.3 Å². The summed E-state index contributed by atoms with van der Waals surface area (Å²) in [6.07, 6.45) is 7.05. The molecule has 0 aliphatic heterocycles. The normalized spacial score (nSPS) is 12.5. The van der Waals surface area contributed by atoms with E-state index in [9.17, 15) is 9.50 Å². The molecule has 0 amide bonds. The summed E-state index contributed by atoms with van der Waals surface area (Å²) in [6, 6.07) is 11.0. The van der Waals surface area contributed by atoms with Crippen molar-refractivity contribution in [3.05, 3.63) is 78.1 Å². The molecule has 0 aliphatic carbocycles. The minimum absolute atomic E-state index is 0.0690. The van der Waals surface area contributed by atoms with Crippen LogP contribution in [0, 0.1) is 12.7 Å². The number of nitrogens with one attached hydrogen (secondary N) is 2. The summed E-state index contributed by atoms with van der Waals surface area (Å²) in [4.78, 5) is 11.8. The molecule has 1 aromatic carbocycles. The van der Waals surface area contributed by atoms with Gasteiger partial charge in [0.1, 0.15) is 11.6 Å². The maximum absolute atomic E-state index is 13.7. The predicted octanol–water partition coefficient (Wildman–Crippen LogP) is 3.74. The average Bonchev–Trinajstić information content (AvgIpc) is 3.37. The Kier molecular flexibility index (Phi) is 4.83. The zero-order valence-corrected chi connectivity index (χ0v) is 16.9. The number of para-hydroxylation sites is 1. The Morgan fingerprint density at radius 3 is 2.90 bits per heavy atom. The minimum Gasteiger partial charge on any atom is -0.394 e. The number of benzene rings is 1. The summed E-state index contributed by atoms with van der Waals surface area (Å²) < 4.78 is 15.4. The molecule has 0 saturated heterocycles. The maximum atomic E-state index is 13.7. The number of nitrogens with zero attached hydrogens (tertiary/aromatic N) is 4. The highest BCUT2D eigenvalue weighted by atomic mass is 19.1. The van der Waals surface area contributed by atoms with Gasteiger partial charge in [0.25, 0.3) is 0 Å². The summed E-state index contributed by atoms with van der Waals surface area (Å²) in [5.41, 5.74) is 4.87. The lowest BCUT2D eigenvalue weighted by Gasteiger charge is -2.19. The number of pyridine rings is 1. The van der Waals surface area contributed by atoms with Gasteiger partial charge < -0.3 is 15.4 Å². The number of aromatic amines is 1. The number of aromatic nitrogens is 5. The van der Waals surface area contributed by atoms with Crippen molar-refractivity contribution in [3.63, 3.8) is 0 Å². The first-order valence-corrected chi connectivity index (χ1v) is 10.0. The van der Waals surface area contributed by atoms with Gasteiger partial charge in [-0.2, -0.15) is 9.61 Å². The summed E-state index contributed by atoms with van der Waals surface area (Å²) in [7, 11) is 0. The van der Waals surface area contributed by atoms with E-state index in [4.69, 9.17) is 0 Å². The second kappa shape index (κ2) is 7.81. The van der Waals surface area contributed by atoms with Crippen LogP contribution in [0.2, 0.25) is 0 Å². The van der Waals surface area contributed by atoms with E-state index in [-0.39, 0.29) is 12.6 Å². The molecule has 0 bridgehead atoms. The quantitative estimate of drug-likeness (QED) is 0.392. The van der Waals surface area contributed by atoms with E-state index < -0.39 is 5.82 Å². The zero-order valence-electron chi connectivity index (χ0n) is 16.9. The third kappa shape index (κ3) is 3.62. The predicted molar refractivity (Wildman–Crippen MR) is 117 cm³/mol. The maximum Gasteiger partial charge on any atom is 0.160 e. The molecule has 0 radical (unpaired) electrons. The lowest BCUT2D eigenvalue weighted by Crippen LogP contribution is -2.27. The highest BCUT2D eigenvalue weighted by Crippen LogP contribution is 2.25. The van der Waals surface area contributed by atoms with Crippen molar-refractivity contribution in [2.45, 2.75) is 19.4 Å². The van der Waals surface area contributed by atoms with Gasteiger partial charge in [-0.15, -0.1) is 0 Å². The van der Waals surface area contributed by atoms with Crippen molar-refractivity contribution in [3.8, 4) is 11.3 Å². The molecule has 0 saturated carbocycles. The van der Waals surface area contributed by atoms with Crippen LogP contribution in [0.1, 0.15) is 11.1 Å². The van der Waals surface area contributed by atoms with Crippen LogP contribution in [0.3, 0.4) is 0 Å². The van der Waals surface area contributed by atoms with Gasteiger partial charge in [0.05, 0.1) is 30.7 Å². The van der Waals surface area contributed by atoms with Crippen LogP contribution in [-0.4, -0.2) is 42.3 Å². The summed E-state index contributed by atoms with van der Waals surface area (Å²) in [5, 5.41) is 19.0. The van der Waals surface area contributed by atoms with Crippen molar-refractivity contribution < 1.29 is 9.50 Å². The average molecular weight is 416 g/mol. The van der Waals surface area contributed by atoms with Crippen LogP contribution < -0.4 is 5.32 Å². The third-order valence-corrected chi connectivity index (χ3v) is 5.36. The molecule has 4 aromatic heterocycles. The number of anilines is 1. The number of hydrogen-bond acceptors (Lipinski definition) is 5. The summed E-state index contributed by atoms with van der Waals surface area (Å²) in [6.45, 7) is 1.85. The Hall–Kier alpha value is -3.78. The van der Waals surface area contributed by atoms with Crippen LogP contribution >= 0.6 is 0 Å². The number of hydrogen-bond donors (Lipinski definition) is 3. The Bertz CT molecular complexity index is 1380. The van der Waals surface area contributed by atoms with Crippen LogP contribution in [-0.2, 0) is 6.42 Å². The minimum atomic E-state index is -0.425. The van der Waals surface area contributed by atoms with Crippen molar-refractivity contribution in [2.24, 2.45) is 0 Å². The standard InChI is InChI=1S/C23H21FN6O/c1-14-9-27-30-22(8-21(29-23(14)30)16-6-17(24)12-25-10-16)28-18(13-31)7-15-11-26-20-5-3-2-4-19(15)20/h2-6,8-12,18,26,28,31H,7,13H2,1H3/t18-/m0/s1. The molecule has 0 aliphatic rings. The second-order valence-electron chi connectivity index (χ2n) is 7.57. The van der Waals surface area contributed by atoms with Gasteiger partial charge in [-0.05, 0) is 31.0 Å². The Morgan fingerprint density at radius 1 is 1.19 bits per heavy atom. The fourth-order valence-electron chi connectivity index (χ4n) is 3.81. The third-order valence-electron chi connectivity index (χ3n) is 5.36. The van der Waals surface area contributed by atoms with Gasteiger partial charge in [-0.1, -0.05) is 18.2 Å². The lowest BCUT2D eigenvalue weighted by molar-refractivity contribution is 0.273. The zero-order chi connectivity index (χ0) is 21.4. The van der Waals surface area contributed by atoms with E-state index in [1.165, 1.54) is 6.07 Å². The molecule has 31 heavy (non-hydrogen) atoms. The van der Waals surface area contributed by atoms with Crippen molar-refractivity contribution in [1.82, 2.24) is 24.6 Å². The van der Waals surface area contributed by atoms with E-state index >= 15 is 0 Å². The van der Waals surface area contributed by atoms with Crippen molar-refractivity contribution in [1.29, 1.82) is 0 Å². The van der Waals surface area contributed by atoms with Gasteiger partial charge in [0.15, 0.2) is 5.65 Å². The first-order valence-electron chi connectivity index (χ1n) is 10.0. The van der Waals surface area contributed by atoms with Crippen LogP contribution in [0.4, 0.5) is 10.2 Å². The van der Waals surface area contributed by atoms with Gasteiger partial charge in [-0.3, -0.25) is 4.98 Å². The number of H-pyrrole nitrogens is 1. The molecule has 0 unspecified atom stereocenters. The molecule has 1 atom stereocenters. The molecule has 5 aromatic rings. The molecule has 156 valence electrons. The van der Waals surface area contributed by atoms with Crippen LogP contribution in [0.5, 0.6) is 0 Å². The fraction of sp³-hybridized carbons (Fsp3) is 0.174. The monoisotopic (exact) mass is 416 g/mol. The first-order chi connectivity index (χ1) is 15.1. The fourth-order valence-corrected chi connectivity index (χ4v) is 3.81. The number of aliphatic hydroxyl groups is 1. The number of fused-ring (bicyclic) bond motifs is 2. The number of aliphatic hydroxyl groups excluding tert-OH is 1. The van der Waals surface area contributed by atoms with Gasteiger partial charge in [-0.25, -0.2) is 9.37 Å². The summed E-state index contributed by atoms with van der Waals surface area (Å²) in [5.74, 6) is 0.239. The lowest BCUT2D eigenvalue weighted by atomic mass is 10.1. The Balaban J connectivity index is 1.52. The molecule has 7 nitrogen and oxygen atoms in total. The smallest absolute Gasteiger partial charge is 0.160 e. The summed E-state index contributed by atoms with van der Waals surface area (Å²) >= 11 is 0. The van der Waals surface area contributed by atoms with Gasteiger partial charge in [0, 0.05) is 40.5 Å². The van der Waals surface area contributed by atoms with Gasteiger partial charge >= 0.3 is 0 Å². The van der Waals surface area contributed by atoms with Crippen LogP contribution in [0.15, 0.2) is 61.2 Å². The van der Waals surface area contributed by atoms with Crippen molar-refractivity contribution in [2.75, 3.05) is 11.9 Å². The highest BCUT2D eigenvalue weighted by molar-refractivity contribution is 5.83. The van der Waals surface area contributed by atoms with Crippen LogP contribution in [0.25, 0.3) is 27.8 Å². The Morgan fingerprint density at radius 2 is 2.06 bits per heavy atom. The number of aryl methyl sites for hydroxylation is 1. The van der Waals surface area contributed by atoms with E-state index in [1.54, 1.807) is 23.0 Å². The van der Waals surface area contributed by atoms with Crippen molar-refractivity contribution >= 4 is 22.4 Å².